The second-order valence-corrected chi connectivity index (χ2v) is 6.85. The number of ether oxygens (including phenoxy) is 3. The van der Waals surface area contributed by atoms with Crippen molar-refractivity contribution in [2.45, 2.75) is 19.3 Å². The van der Waals surface area contributed by atoms with Gasteiger partial charge in [0, 0.05) is 13.1 Å². The largest absolute Gasteiger partial charge is 0.493 e. The van der Waals surface area contributed by atoms with E-state index in [1.807, 2.05) is 17.0 Å². The second kappa shape index (κ2) is 9.33. The Bertz CT molecular complexity index is 587. The van der Waals surface area contributed by atoms with Crippen molar-refractivity contribution in [1.29, 1.82) is 0 Å². The third-order valence-corrected chi connectivity index (χ3v) is 5.45. The molecule has 2 saturated heterocycles. The molecule has 2 aliphatic rings. The molecule has 1 aromatic carbocycles. The minimum absolute atomic E-state index is 0. The van der Waals surface area contributed by atoms with Crippen molar-refractivity contribution < 1.29 is 19.0 Å². The van der Waals surface area contributed by atoms with Crippen molar-refractivity contribution in [1.82, 2.24) is 10.2 Å². The summed E-state index contributed by atoms with van der Waals surface area (Å²) < 4.78 is 16.1. The maximum absolute atomic E-state index is 12.8. The van der Waals surface area contributed by atoms with Crippen molar-refractivity contribution >= 4 is 18.3 Å². The molecule has 0 saturated carbocycles. The highest BCUT2D eigenvalue weighted by Gasteiger charge is 2.31. The normalized spacial score (nSPS) is 22.0. The van der Waals surface area contributed by atoms with Crippen LogP contribution in [0.4, 0.5) is 0 Å². The number of fused-ring (bicyclic) bond motifs is 1. The van der Waals surface area contributed by atoms with E-state index in [0.717, 1.165) is 56.4 Å². The molecule has 0 aliphatic carbocycles. The summed E-state index contributed by atoms with van der Waals surface area (Å²) in [5, 5.41) is 3.47. The van der Waals surface area contributed by atoms with Gasteiger partial charge in [-0.1, -0.05) is 0 Å². The average molecular weight is 385 g/mol. The average Bonchev–Trinajstić information content (AvgIpc) is 2.98. The van der Waals surface area contributed by atoms with Gasteiger partial charge in [-0.2, -0.15) is 0 Å². The summed E-state index contributed by atoms with van der Waals surface area (Å²) in [6.07, 6.45) is 2.54. The van der Waals surface area contributed by atoms with Crippen LogP contribution in [0.3, 0.4) is 0 Å². The smallest absolute Gasteiger partial charge is 0.226 e. The second-order valence-electron chi connectivity index (χ2n) is 6.85. The summed E-state index contributed by atoms with van der Waals surface area (Å²) in [5.41, 5.74) is 0.880. The van der Waals surface area contributed by atoms with E-state index in [1.165, 1.54) is 0 Å². The summed E-state index contributed by atoms with van der Waals surface area (Å²) in [7, 11) is 4.75. The Hall–Kier alpha value is -1.66. The van der Waals surface area contributed by atoms with Gasteiger partial charge < -0.3 is 24.4 Å². The Balaban J connectivity index is 0.00000243. The summed E-state index contributed by atoms with van der Waals surface area (Å²) >= 11 is 0. The van der Waals surface area contributed by atoms with Gasteiger partial charge in [0.05, 0.1) is 27.8 Å². The lowest BCUT2D eigenvalue weighted by molar-refractivity contribution is -0.130. The molecule has 0 radical (unpaired) electrons. The van der Waals surface area contributed by atoms with Gasteiger partial charge in [0.2, 0.25) is 11.7 Å². The Morgan fingerprint density at radius 1 is 1.04 bits per heavy atom. The van der Waals surface area contributed by atoms with E-state index in [4.69, 9.17) is 14.2 Å². The number of hydrogen-bond donors (Lipinski definition) is 1. The number of amides is 1. The molecule has 2 heterocycles. The van der Waals surface area contributed by atoms with Crippen molar-refractivity contribution in [3.05, 3.63) is 17.7 Å². The molecule has 26 heavy (non-hydrogen) atoms. The number of methoxy groups -OCH3 is 3. The predicted molar refractivity (Wildman–Crippen MR) is 103 cm³/mol. The van der Waals surface area contributed by atoms with E-state index >= 15 is 0 Å². The fourth-order valence-corrected chi connectivity index (χ4v) is 3.99. The molecule has 2 fully saturated rings. The lowest BCUT2D eigenvalue weighted by Gasteiger charge is -2.21. The summed E-state index contributed by atoms with van der Waals surface area (Å²) in [5.74, 6) is 3.33. The van der Waals surface area contributed by atoms with E-state index in [9.17, 15) is 4.79 Å². The molecular weight excluding hydrogens is 356 g/mol. The highest BCUT2D eigenvalue weighted by atomic mass is 35.5. The van der Waals surface area contributed by atoms with Crippen molar-refractivity contribution in [2.24, 2.45) is 11.8 Å². The number of halogens is 1. The first kappa shape index (κ1) is 20.6. The van der Waals surface area contributed by atoms with Gasteiger partial charge in [0.25, 0.3) is 0 Å². The lowest BCUT2D eigenvalue weighted by atomic mass is 9.92. The summed E-state index contributed by atoms with van der Waals surface area (Å²) in [6, 6.07) is 3.71. The van der Waals surface area contributed by atoms with Crippen molar-refractivity contribution in [2.75, 3.05) is 47.5 Å². The van der Waals surface area contributed by atoms with E-state index < -0.39 is 0 Å². The van der Waals surface area contributed by atoms with E-state index in [1.54, 1.807) is 21.3 Å². The molecule has 2 aliphatic heterocycles. The third kappa shape index (κ3) is 4.35. The zero-order valence-corrected chi connectivity index (χ0v) is 16.6. The number of hydrogen-bond acceptors (Lipinski definition) is 5. The molecule has 0 bridgehead atoms. The fraction of sp³-hybridized carbons (Fsp3) is 0.632. The first-order valence-electron chi connectivity index (χ1n) is 8.93. The molecule has 146 valence electrons. The number of nitrogens with one attached hydrogen (secondary N) is 1. The number of rotatable bonds is 5. The van der Waals surface area contributed by atoms with E-state index in [-0.39, 0.29) is 18.3 Å². The van der Waals surface area contributed by atoms with Crippen LogP contribution in [-0.4, -0.2) is 58.3 Å². The SMILES string of the molecule is COc1cc(CC(=O)N2CC[C@@H]3CNC[C@@H]3CC2)cc(OC)c1OC.Cl. The first-order chi connectivity index (χ1) is 12.2. The Morgan fingerprint density at radius 3 is 2.04 bits per heavy atom. The van der Waals surface area contributed by atoms with Crippen molar-refractivity contribution in [3.63, 3.8) is 0 Å². The number of benzene rings is 1. The first-order valence-corrected chi connectivity index (χ1v) is 8.93. The van der Waals surface area contributed by atoms with Crippen LogP contribution in [0.15, 0.2) is 12.1 Å². The summed E-state index contributed by atoms with van der Waals surface area (Å²) in [4.78, 5) is 14.8. The Kier molecular flexibility index (Phi) is 7.41. The van der Waals surface area contributed by atoms with E-state index in [2.05, 4.69) is 5.32 Å². The standard InChI is InChI=1S/C19H28N2O4.ClH/c1-23-16-8-13(9-17(24-2)19(16)25-3)10-18(22)21-6-4-14-11-20-12-15(14)5-7-21;/h8-9,14-15,20H,4-7,10-12H2,1-3H3;1H/t14-,15+;. The van der Waals surface area contributed by atoms with Crippen molar-refractivity contribution in [3.8, 4) is 17.2 Å². The maximum atomic E-state index is 12.8. The summed E-state index contributed by atoms with van der Waals surface area (Å²) in [6.45, 7) is 3.90. The van der Waals surface area contributed by atoms with Crippen LogP contribution in [0.2, 0.25) is 0 Å². The minimum atomic E-state index is 0. The molecule has 0 unspecified atom stereocenters. The minimum Gasteiger partial charge on any atom is -0.493 e. The molecule has 7 heteroatoms. The van der Waals surface area contributed by atoms with Crippen LogP contribution in [-0.2, 0) is 11.2 Å². The van der Waals surface area contributed by atoms with Gasteiger partial charge >= 0.3 is 0 Å². The monoisotopic (exact) mass is 384 g/mol. The van der Waals surface area contributed by atoms with Crippen LogP contribution in [0.1, 0.15) is 18.4 Å². The molecule has 1 amide bonds. The number of nitrogens with zero attached hydrogens (tertiary/aromatic N) is 1. The van der Waals surface area contributed by atoms with Gasteiger partial charge in [0.1, 0.15) is 0 Å². The maximum Gasteiger partial charge on any atom is 0.226 e. The van der Waals surface area contributed by atoms with Gasteiger partial charge in [-0.05, 0) is 55.5 Å². The highest BCUT2D eigenvalue weighted by Crippen LogP contribution is 2.38. The predicted octanol–water partition coefficient (Wildman–Crippen LogP) is 2.13. The molecular formula is C19H29ClN2O4. The zero-order chi connectivity index (χ0) is 17.8. The molecule has 1 aromatic rings. The molecule has 0 aromatic heterocycles. The fourth-order valence-electron chi connectivity index (χ4n) is 3.99. The highest BCUT2D eigenvalue weighted by molar-refractivity contribution is 5.85. The lowest BCUT2D eigenvalue weighted by Crippen LogP contribution is -2.33. The number of likely N-dealkylation sites (tertiary alicyclic amines) is 1. The number of carbonyl (C=O) groups is 1. The third-order valence-electron chi connectivity index (χ3n) is 5.45. The van der Waals surface area contributed by atoms with Crippen LogP contribution < -0.4 is 19.5 Å². The molecule has 3 rings (SSSR count). The van der Waals surface area contributed by atoms with Crippen LogP contribution in [0, 0.1) is 11.8 Å². The van der Waals surface area contributed by atoms with Gasteiger partial charge in [-0.15, -0.1) is 12.4 Å². The van der Waals surface area contributed by atoms with Gasteiger partial charge in [-0.3, -0.25) is 4.79 Å². The molecule has 0 spiro atoms. The molecule has 1 N–H and O–H groups in total. The molecule has 2 atom stereocenters. The van der Waals surface area contributed by atoms with Crippen LogP contribution >= 0.6 is 12.4 Å². The molecule has 6 nitrogen and oxygen atoms in total. The zero-order valence-electron chi connectivity index (χ0n) is 15.7. The quantitative estimate of drug-likeness (QED) is 0.842. The topological polar surface area (TPSA) is 60.0 Å². The van der Waals surface area contributed by atoms with Gasteiger partial charge in [0.15, 0.2) is 11.5 Å². The Labute approximate surface area is 161 Å². The van der Waals surface area contributed by atoms with E-state index in [0.29, 0.717) is 23.7 Å². The van der Waals surface area contributed by atoms with Crippen LogP contribution in [0.25, 0.3) is 0 Å². The van der Waals surface area contributed by atoms with Gasteiger partial charge in [-0.25, -0.2) is 0 Å². The number of carbonyl (C=O) groups excluding carboxylic acids is 1. The Morgan fingerprint density at radius 2 is 1.58 bits per heavy atom. The van der Waals surface area contributed by atoms with Crippen LogP contribution in [0.5, 0.6) is 17.2 Å².